The molecule has 0 spiro atoms. The number of allylic oxidation sites excluding steroid dienone is 2. The number of nitrogens with two attached hydrogens (primary N) is 1. The van der Waals surface area contributed by atoms with Gasteiger partial charge in [-0.2, -0.15) is 5.26 Å². The number of anilines is 1. The standard InChI is InChI=1S/C15H24N4/c1-5-7-14-18-13(10-16)15(17)19(14)12(4)9-6-8-11(2)3/h8,12H,5-7,9,17H2,1-4H3. The van der Waals surface area contributed by atoms with Crippen molar-refractivity contribution in [3.05, 3.63) is 23.2 Å². The van der Waals surface area contributed by atoms with E-state index < -0.39 is 0 Å². The second kappa shape index (κ2) is 6.98. The first-order chi connectivity index (χ1) is 9.01. The van der Waals surface area contributed by atoms with Crippen LogP contribution in [0.15, 0.2) is 11.6 Å². The molecule has 2 N–H and O–H groups in total. The van der Waals surface area contributed by atoms with E-state index in [0.717, 1.165) is 31.5 Å². The van der Waals surface area contributed by atoms with Crippen molar-refractivity contribution >= 4 is 5.82 Å². The monoisotopic (exact) mass is 260 g/mol. The molecule has 1 rings (SSSR count). The van der Waals surface area contributed by atoms with E-state index in [2.05, 4.69) is 44.8 Å². The van der Waals surface area contributed by atoms with Crippen molar-refractivity contribution in [1.82, 2.24) is 9.55 Å². The number of nitrogen functional groups attached to an aromatic ring is 1. The van der Waals surface area contributed by atoms with Crippen molar-refractivity contribution in [3.8, 4) is 6.07 Å². The second-order valence-electron chi connectivity index (χ2n) is 5.20. The van der Waals surface area contributed by atoms with E-state index >= 15 is 0 Å². The third kappa shape index (κ3) is 3.85. The van der Waals surface area contributed by atoms with Crippen LogP contribution >= 0.6 is 0 Å². The fourth-order valence-electron chi connectivity index (χ4n) is 2.21. The number of hydrogen-bond donors (Lipinski definition) is 1. The number of imidazole rings is 1. The van der Waals surface area contributed by atoms with Gasteiger partial charge in [-0.1, -0.05) is 18.6 Å². The van der Waals surface area contributed by atoms with E-state index in [9.17, 15) is 0 Å². The minimum atomic E-state index is 0.270. The van der Waals surface area contributed by atoms with Gasteiger partial charge in [0, 0.05) is 12.5 Å². The van der Waals surface area contributed by atoms with Gasteiger partial charge in [0.25, 0.3) is 0 Å². The van der Waals surface area contributed by atoms with Crippen molar-refractivity contribution in [1.29, 1.82) is 5.26 Å². The molecule has 0 radical (unpaired) electrons. The molecular formula is C15H24N4. The number of aromatic nitrogens is 2. The zero-order valence-corrected chi connectivity index (χ0v) is 12.4. The van der Waals surface area contributed by atoms with Gasteiger partial charge in [0.15, 0.2) is 5.69 Å². The molecule has 1 atom stereocenters. The minimum absolute atomic E-state index is 0.270. The molecule has 4 heteroatoms. The number of rotatable bonds is 6. The van der Waals surface area contributed by atoms with E-state index in [0.29, 0.717) is 11.5 Å². The summed E-state index contributed by atoms with van der Waals surface area (Å²) in [5.41, 5.74) is 7.73. The lowest BCUT2D eigenvalue weighted by atomic mass is 10.1. The van der Waals surface area contributed by atoms with Crippen LogP contribution in [0.5, 0.6) is 0 Å². The van der Waals surface area contributed by atoms with Crippen molar-refractivity contribution in [2.24, 2.45) is 0 Å². The number of nitrogens with zero attached hydrogens (tertiary/aromatic N) is 3. The summed E-state index contributed by atoms with van der Waals surface area (Å²) in [6.45, 7) is 8.45. The first-order valence-corrected chi connectivity index (χ1v) is 6.91. The first-order valence-electron chi connectivity index (χ1n) is 6.91. The Kier molecular flexibility index (Phi) is 5.62. The summed E-state index contributed by atoms with van der Waals surface area (Å²) >= 11 is 0. The quantitative estimate of drug-likeness (QED) is 0.795. The first kappa shape index (κ1) is 15.3. The summed E-state index contributed by atoms with van der Waals surface area (Å²) in [5, 5.41) is 9.04. The van der Waals surface area contributed by atoms with Crippen LogP contribution in [0, 0.1) is 11.3 Å². The molecule has 0 amide bonds. The molecular weight excluding hydrogens is 236 g/mol. The smallest absolute Gasteiger partial charge is 0.182 e. The minimum Gasteiger partial charge on any atom is -0.383 e. The fourth-order valence-corrected chi connectivity index (χ4v) is 2.21. The molecule has 1 aromatic rings. The Balaban J connectivity index is 2.94. The van der Waals surface area contributed by atoms with Gasteiger partial charge in [-0.25, -0.2) is 4.98 Å². The van der Waals surface area contributed by atoms with Crippen LogP contribution in [0.4, 0.5) is 5.82 Å². The molecule has 0 saturated heterocycles. The molecule has 104 valence electrons. The van der Waals surface area contributed by atoms with Gasteiger partial charge < -0.3 is 10.3 Å². The predicted molar refractivity (Wildman–Crippen MR) is 78.7 cm³/mol. The number of aryl methyl sites for hydroxylation is 1. The van der Waals surface area contributed by atoms with Crippen molar-refractivity contribution < 1.29 is 0 Å². The Morgan fingerprint density at radius 3 is 2.74 bits per heavy atom. The normalized spacial score (nSPS) is 11.9. The predicted octanol–water partition coefficient (Wildman–Crippen LogP) is 3.60. The van der Waals surface area contributed by atoms with Crippen LogP contribution in [-0.2, 0) is 6.42 Å². The largest absolute Gasteiger partial charge is 0.383 e. The van der Waals surface area contributed by atoms with Gasteiger partial charge in [-0.3, -0.25) is 0 Å². The Hall–Kier alpha value is -1.76. The number of nitriles is 1. The van der Waals surface area contributed by atoms with Crippen molar-refractivity contribution in [3.63, 3.8) is 0 Å². The van der Waals surface area contributed by atoms with E-state index in [1.807, 2.05) is 4.57 Å². The summed E-state index contributed by atoms with van der Waals surface area (Å²) in [7, 11) is 0. The molecule has 0 aliphatic carbocycles. The maximum absolute atomic E-state index is 9.04. The van der Waals surface area contributed by atoms with Crippen LogP contribution in [0.25, 0.3) is 0 Å². The Bertz CT molecular complexity index is 487. The molecule has 0 fully saturated rings. The fraction of sp³-hybridized carbons (Fsp3) is 0.600. The zero-order valence-electron chi connectivity index (χ0n) is 12.4. The maximum Gasteiger partial charge on any atom is 0.182 e. The molecule has 0 aromatic carbocycles. The molecule has 0 aliphatic heterocycles. The molecule has 0 aliphatic rings. The summed E-state index contributed by atoms with van der Waals surface area (Å²) in [4.78, 5) is 4.34. The van der Waals surface area contributed by atoms with Gasteiger partial charge in [0.1, 0.15) is 17.7 Å². The highest BCUT2D eigenvalue weighted by molar-refractivity contribution is 5.46. The van der Waals surface area contributed by atoms with Gasteiger partial charge in [0.2, 0.25) is 0 Å². The van der Waals surface area contributed by atoms with Gasteiger partial charge >= 0.3 is 0 Å². The van der Waals surface area contributed by atoms with Crippen molar-refractivity contribution in [2.75, 3.05) is 5.73 Å². The molecule has 1 heterocycles. The SMILES string of the molecule is CCCc1nc(C#N)c(N)n1C(C)CCC=C(C)C. The van der Waals surface area contributed by atoms with Gasteiger partial charge in [-0.05, 0) is 40.0 Å². The Morgan fingerprint density at radius 1 is 1.53 bits per heavy atom. The average molecular weight is 260 g/mol. The van der Waals surface area contributed by atoms with Crippen LogP contribution in [0.3, 0.4) is 0 Å². The molecule has 1 aromatic heterocycles. The lowest BCUT2D eigenvalue weighted by Gasteiger charge is -2.17. The summed E-state index contributed by atoms with van der Waals surface area (Å²) in [6.07, 6.45) is 6.12. The third-order valence-corrected chi connectivity index (χ3v) is 3.18. The topological polar surface area (TPSA) is 67.6 Å². The van der Waals surface area contributed by atoms with Crippen molar-refractivity contribution in [2.45, 2.75) is 59.4 Å². The van der Waals surface area contributed by atoms with Crippen LogP contribution < -0.4 is 5.73 Å². The Morgan fingerprint density at radius 2 is 2.21 bits per heavy atom. The van der Waals surface area contributed by atoms with Crippen LogP contribution in [0.2, 0.25) is 0 Å². The second-order valence-corrected chi connectivity index (χ2v) is 5.20. The molecule has 0 saturated carbocycles. The van der Waals surface area contributed by atoms with Crippen LogP contribution in [-0.4, -0.2) is 9.55 Å². The Labute approximate surface area is 115 Å². The highest BCUT2D eigenvalue weighted by atomic mass is 15.2. The number of hydrogen-bond acceptors (Lipinski definition) is 3. The van der Waals surface area contributed by atoms with E-state index in [-0.39, 0.29) is 6.04 Å². The molecule has 1 unspecified atom stereocenters. The summed E-state index contributed by atoms with van der Waals surface area (Å²) < 4.78 is 2.03. The summed E-state index contributed by atoms with van der Waals surface area (Å²) in [6, 6.07) is 2.34. The lowest BCUT2D eigenvalue weighted by molar-refractivity contribution is 0.495. The van der Waals surface area contributed by atoms with E-state index in [1.54, 1.807) is 0 Å². The average Bonchev–Trinajstić information content (AvgIpc) is 2.65. The summed E-state index contributed by atoms with van der Waals surface area (Å²) in [5.74, 6) is 1.44. The third-order valence-electron chi connectivity index (χ3n) is 3.18. The van der Waals surface area contributed by atoms with Crippen LogP contribution in [0.1, 0.15) is 64.5 Å². The van der Waals surface area contributed by atoms with E-state index in [1.165, 1.54) is 5.57 Å². The molecule has 19 heavy (non-hydrogen) atoms. The lowest BCUT2D eigenvalue weighted by Crippen LogP contribution is -2.12. The molecule has 0 bridgehead atoms. The maximum atomic E-state index is 9.04. The van der Waals surface area contributed by atoms with Gasteiger partial charge in [0.05, 0.1) is 0 Å². The van der Waals surface area contributed by atoms with Gasteiger partial charge in [-0.15, -0.1) is 0 Å². The highest BCUT2D eigenvalue weighted by Gasteiger charge is 2.17. The molecule has 4 nitrogen and oxygen atoms in total. The van der Waals surface area contributed by atoms with E-state index in [4.69, 9.17) is 11.0 Å². The zero-order chi connectivity index (χ0) is 14.4. The highest BCUT2D eigenvalue weighted by Crippen LogP contribution is 2.24.